The minimum absolute atomic E-state index is 0.0235. The van der Waals surface area contributed by atoms with Gasteiger partial charge in [-0.1, -0.05) is 6.42 Å². The summed E-state index contributed by atoms with van der Waals surface area (Å²) in [6.45, 7) is 0.287. The van der Waals surface area contributed by atoms with E-state index in [0.29, 0.717) is 6.04 Å². The lowest BCUT2D eigenvalue weighted by atomic mass is 9.95. The lowest BCUT2D eigenvalue weighted by Gasteiger charge is -2.22. The van der Waals surface area contributed by atoms with Crippen LogP contribution in [-0.2, 0) is 11.3 Å². The number of fused-ring (bicyclic) bond motifs is 2. The molecule has 2 fully saturated rings. The summed E-state index contributed by atoms with van der Waals surface area (Å²) in [5.74, 6) is 1.76. The van der Waals surface area contributed by atoms with Gasteiger partial charge in [0.1, 0.15) is 6.54 Å². The van der Waals surface area contributed by atoms with Crippen molar-refractivity contribution >= 4 is 11.6 Å². The fourth-order valence-electron chi connectivity index (χ4n) is 3.39. The molecule has 2 aliphatic carbocycles. The van der Waals surface area contributed by atoms with Crippen LogP contribution in [0.3, 0.4) is 0 Å². The number of carbonyl (C=O) groups is 1. The predicted octanol–water partition coefficient (Wildman–Crippen LogP) is 1.23. The molecule has 2 saturated carbocycles. The Balaban J connectivity index is 1.58. The van der Waals surface area contributed by atoms with Crippen LogP contribution < -0.4 is 10.6 Å². The highest BCUT2D eigenvalue weighted by Crippen LogP contribution is 2.45. The zero-order valence-electron chi connectivity index (χ0n) is 10.7. The summed E-state index contributed by atoms with van der Waals surface area (Å²) in [4.78, 5) is 11.2. The van der Waals surface area contributed by atoms with Gasteiger partial charge < -0.3 is 10.6 Å². The molecule has 2 aliphatic rings. The fourth-order valence-corrected chi connectivity index (χ4v) is 3.39. The zero-order valence-corrected chi connectivity index (χ0v) is 10.7. The average molecular weight is 248 g/mol. The molecule has 3 rings (SSSR count). The molecule has 3 unspecified atom stereocenters. The molecule has 1 heterocycles. The molecule has 0 saturated heterocycles. The normalized spacial score (nSPS) is 29.5. The third-order valence-corrected chi connectivity index (χ3v) is 4.31. The second kappa shape index (κ2) is 4.63. The van der Waals surface area contributed by atoms with Crippen LogP contribution in [0.25, 0.3) is 0 Å². The van der Waals surface area contributed by atoms with Gasteiger partial charge in [-0.05, 0) is 31.1 Å². The van der Waals surface area contributed by atoms with E-state index in [2.05, 4.69) is 15.7 Å². The minimum atomic E-state index is -0.0235. The van der Waals surface area contributed by atoms with E-state index < -0.39 is 0 Å². The Morgan fingerprint density at radius 3 is 3.06 bits per heavy atom. The van der Waals surface area contributed by atoms with Crippen molar-refractivity contribution in [3.63, 3.8) is 0 Å². The van der Waals surface area contributed by atoms with Gasteiger partial charge in [-0.25, -0.2) is 0 Å². The molecule has 18 heavy (non-hydrogen) atoms. The van der Waals surface area contributed by atoms with Crippen molar-refractivity contribution in [2.75, 3.05) is 12.4 Å². The number of aromatic nitrogens is 2. The molecule has 1 aromatic rings. The number of hydrogen-bond donors (Lipinski definition) is 2. The lowest BCUT2D eigenvalue weighted by molar-refractivity contribution is -0.121. The standard InChI is InChI=1S/C13H20N4O/c1-14-13(18)8-17-7-11(6-15-17)16-12-5-9-2-3-10(12)4-9/h6-7,9-10,12,16H,2-5,8H2,1H3,(H,14,18). The highest BCUT2D eigenvalue weighted by atomic mass is 16.1. The molecule has 3 atom stereocenters. The SMILES string of the molecule is CNC(=O)Cn1cc(NC2CC3CCC2C3)cn1. The van der Waals surface area contributed by atoms with Crippen LogP contribution in [0.2, 0.25) is 0 Å². The zero-order chi connectivity index (χ0) is 12.5. The molecule has 98 valence electrons. The molecular formula is C13H20N4O. The Morgan fingerprint density at radius 2 is 2.39 bits per heavy atom. The van der Waals surface area contributed by atoms with Gasteiger partial charge in [-0.3, -0.25) is 9.48 Å². The van der Waals surface area contributed by atoms with Crippen molar-refractivity contribution in [3.8, 4) is 0 Å². The molecule has 0 spiro atoms. The summed E-state index contributed by atoms with van der Waals surface area (Å²) < 4.78 is 1.67. The van der Waals surface area contributed by atoms with Crippen LogP contribution in [0.1, 0.15) is 25.7 Å². The fraction of sp³-hybridized carbons (Fsp3) is 0.692. The van der Waals surface area contributed by atoms with Crippen molar-refractivity contribution < 1.29 is 4.79 Å². The number of hydrogen-bond acceptors (Lipinski definition) is 3. The van der Waals surface area contributed by atoms with Crippen molar-refractivity contribution in [1.82, 2.24) is 15.1 Å². The summed E-state index contributed by atoms with van der Waals surface area (Å²) in [6.07, 6.45) is 9.21. The molecule has 2 bridgehead atoms. The Bertz CT molecular complexity index is 442. The minimum Gasteiger partial charge on any atom is -0.379 e. The van der Waals surface area contributed by atoms with Gasteiger partial charge in [0, 0.05) is 19.3 Å². The molecule has 5 nitrogen and oxygen atoms in total. The van der Waals surface area contributed by atoms with Crippen LogP contribution in [0.4, 0.5) is 5.69 Å². The topological polar surface area (TPSA) is 59.0 Å². The van der Waals surface area contributed by atoms with Crippen molar-refractivity contribution in [2.24, 2.45) is 11.8 Å². The second-order valence-electron chi connectivity index (χ2n) is 5.53. The molecule has 2 N–H and O–H groups in total. The van der Waals surface area contributed by atoms with Crippen LogP contribution in [0.15, 0.2) is 12.4 Å². The maximum atomic E-state index is 11.2. The van der Waals surface area contributed by atoms with Gasteiger partial charge in [0.05, 0.1) is 11.9 Å². The average Bonchev–Trinajstić information content (AvgIpc) is 3.06. The largest absolute Gasteiger partial charge is 0.379 e. The summed E-state index contributed by atoms with van der Waals surface area (Å²) in [6, 6.07) is 0.612. The van der Waals surface area contributed by atoms with Crippen LogP contribution in [0, 0.1) is 11.8 Å². The van der Waals surface area contributed by atoms with E-state index in [1.165, 1.54) is 25.7 Å². The molecule has 0 aromatic carbocycles. The van der Waals surface area contributed by atoms with Crippen LogP contribution in [-0.4, -0.2) is 28.8 Å². The quantitative estimate of drug-likeness (QED) is 0.842. The monoisotopic (exact) mass is 248 g/mol. The maximum Gasteiger partial charge on any atom is 0.241 e. The second-order valence-corrected chi connectivity index (χ2v) is 5.53. The van der Waals surface area contributed by atoms with E-state index in [4.69, 9.17) is 0 Å². The summed E-state index contributed by atoms with van der Waals surface area (Å²) in [5.41, 5.74) is 1.04. The van der Waals surface area contributed by atoms with Gasteiger partial charge in [0.25, 0.3) is 0 Å². The Kier molecular flexibility index (Phi) is 2.97. The van der Waals surface area contributed by atoms with E-state index in [1.54, 1.807) is 11.7 Å². The number of amides is 1. The molecule has 0 aliphatic heterocycles. The smallest absolute Gasteiger partial charge is 0.241 e. The molecule has 1 amide bonds. The predicted molar refractivity (Wildman–Crippen MR) is 69.2 cm³/mol. The highest BCUT2D eigenvalue weighted by molar-refractivity contribution is 5.75. The Morgan fingerprint density at radius 1 is 1.50 bits per heavy atom. The van der Waals surface area contributed by atoms with Crippen molar-refractivity contribution in [1.29, 1.82) is 0 Å². The van der Waals surface area contributed by atoms with E-state index in [-0.39, 0.29) is 12.5 Å². The third kappa shape index (κ3) is 2.21. The van der Waals surface area contributed by atoms with E-state index in [0.717, 1.165) is 17.5 Å². The van der Waals surface area contributed by atoms with Crippen molar-refractivity contribution in [3.05, 3.63) is 12.4 Å². The summed E-state index contributed by atoms with van der Waals surface area (Å²) >= 11 is 0. The van der Waals surface area contributed by atoms with Gasteiger partial charge in [0.15, 0.2) is 0 Å². The first-order chi connectivity index (χ1) is 8.74. The summed E-state index contributed by atoms with van der Waals surface area (Å²) in [7, 11) is 1.64. The Labute approximate surface area is 107 Å². The number of carbonyl (C=O) groups excluding carboxylic acids is 1. The van der Waals surface area contributed by atoms with Crippen LogP contribution >= 0.6 is 0 Å². The van der Waals surface area contributed by atoms with E-state index in [9.17, 15) is 4.79 Å². The number of likely N-dealkylation sites (N-methyl/N-ethyl adjacent to an activating group) is 1. The first kappa shape index (κ1) is 11.6. The lowest BCUT2D eigenvalue weighted by Crippen LogP contribution is -2.25. The third-order valence-electron chi connectivity index (χ3n) is 4.31. The molecule has 0 radical (unpaired) electrons. The van der Waals surface area contributed by atoms with Gasteiger partial charge in [-0.2, -0.15) is 5.10 Å². The molecule has 1 aromatic heterocycles. The maximum absolute atomic E-state index is 11.2. The first-order valence-corrected chi connectivity index (χ1v) is 6.74. The van der Waals surface area contributed by atoms with Gasteiger partial charge in [-0.15, -0.1) is 0 Å². The number of anilines is 1. The number of nitrogens with one attached hydrogen (secondary N) is 2. The van der Waals surface area contributed by atoms with E-state index >= 15 is 0 Å². The summed E-state index contributed by atoms with van der Waals surface area (Å²) in [5, 5.41) is 10.4. The van der Waals surface area contributed by atoms with E-state index in [1.807, 2.05) is 12.4 Å². The Hall–Kier alpha value is -1.52. The molecule has 5 heteroatoms. The molecular weight excluding hydrogens is 228 g/mol. The van der Waals surface area contributed by atoms with Crippen molar-refractivity contribution in [2.45, 2.75) is 38.3 Å². The van der Waals surface area contributed by atoms with Gasteiger partial charge >= 0.3 is 0 Å². The van der Waals surface area contributed by atoms with Gasteiger partial charge in [0.2, 0.25) is 5.91 Å². The number of nitrogens with zero attached hydrogens (tertiary/aromatic N) is 2. The first-order valence-electron chi connectivity index (χ1n) is 6.74. The van der Waals surface area contributed by atoms with Crippen LogP contribution in [0.5, 0.6) is 0 Å². The number of rotatable bonds is 4. The highest BCUT2D eigenvalue weighted by Gasteiger charge is 2.39.